The number of hydrogen-bond donors (Lipinski definition) is 1. The van der Waals surface area contributed by atoms with Crippen molar-refractivity contribution in [3.8, 4) is 0 Å². The van der Waals surface area contributed by atoms with E-state index >= 15 is 0 Å². The van der Waals surface area contributed by atoms with E-state index in [0.29, 0.717) is 11.4 Å². The standard InChI is InChI=1S/C13H20ClN3O2/c1-4-9-13(14)11(17(2)16-9)6-12(18)10-5-8(19-3)7-15-10/h8,10,15H,4-7H2,1-3H3. The molecule has 2 atom stereocenters. The maximum Gasteiger partial charge on any atom is 0.155 e. The molecule has 5 nitrogen and oxygen atoms in total. The van der Waals surface area contributed by atoms with Gasteiger partial charge in [0.1, 0.15) is 0 Å². The van der Waals surface area contributed by atoms with Gasteiger partial charge in [-0.25, -0.2) is 0 Å². The first kappa shape index (κ1) is 14.5. The van der Waals surface area contributed by atoms with Crippen molar-refractivity contribution in [2.75, 3.05) is 13.7 Å². The van der Waals surface area contributed by atoms with Crippen molar-refractivity contribution in [2.45, 2.75) is 38.3 Å². The van der Waals surface area contributed by atoms with Crippen molar-refractivity contribution >= 4 is 17.4 Å². The molecule has 2 heterocycles. The van der Waals surface area contributed by atoms with Crippen LogP contribution in [0, 0.1) is 0 Å². The minimum atomic E-state index is -0.138. The number of halogens is 1. The maximum absolute atomic E-state index is 12.3. The zero-order valence-corrected chi connectivity index (χ0v) is 12.3. The highest BCUT2D eigenvalue weighted by atomic mass is 35.5. The van der Waals surface area contributed by atoms with Crippen LogP contribution in [-0.4, -0.2) is 41.4 Å². The average Bonchev–Trinajstić information content (AvgIpc) is 2.98. The second-order valence-corrected chi connectivity index (χ2v) is 5.26. The van der Waals surface area contributed by atoms with Crippen molar-refractivity contribution in [3.63, 3.8) is 0 Å². The molecule has 1 aromatic heterocycles. The molecule has 1 aliphatic rings. The van der Waals surface area contributed by atoms with Gasteiger partial charge in [0, 0.05) is 20.7 Å². The quantitative estimate of drug-likeness (QED) is 0.881. The Balaban J connectivity index is 2.05. The summed E-state index contributed by atoms with van der Waals surface area (Å²) in [6.45, 7) is 2.73. The van der Waals surface area contributed by atoms with Gasteiger partial charge < -0.3 is 10.1 Å². The minimum Gasteiger partial charge on any atom is -0.380 e. The summed E-state index contributed by atoms with van der Waals surface area (Å²) in [6, 6.07) is -0.138. The fourth-order valence-electron chi connectivity index (χ4n) is 2.43. The van der Waals surface area contributed by atoms with Crippen molar-refractivity contribution in [1.29, 1.82) is 0 Å². The molecule has 1 aliphatic heterocycles. The smallest absolute Gasteiger partial charge is 0.155 e. The number of nitrogens with one attached hydrogen (secondary N) is 1. The lowest BCUT2D eigenvalue weighted by molar-refractivity contribution is -0.120. The highest BCUT2D eigenvalue weighted by molar-refractivity contribution is 6.32. The zero-order chi connectivity index (χ0) is 14.0. The van der Waals surface area contributed by atoms with E-state index in [2.05, 4.69) is 10.4 Å². The largest absolute Gasteiger partial charge is 0.380 e. The molecule has 1 saturated heterocycles. The predicted molar refractivity (Wildman–Crippen MR) is 73.5 cm³/mol. The van der Waals surface area contributed by atoms with Crippen LogP contribution in [0.2, 0.25) is 5.02 Å². The zero-order valence-electron chi connectivity index (χ0n) is 11.6. The van der Waals surface area contributed by atoms with Crippen LogP contribution >= 0.6 is 11.6 Å². The summed E-state index contributed by atoms with van der Waals surface area (Å²) < 4.78 is 6.96. The van der Waals surface area contributed by atoms with Gasteiger partial charge in [-0.2, -0.15) is 5.10 Å². The number of hydrogen-bond acceptors (Lipinski definition) is 4. The average molecular weight is 286 g/mol. The first-order valence-corrected chi connectivity index (χ1v) is 6.93. The monoisotopic (exact) mass is 285 g/mol. The van der Waals surface area contributed by atoms with E-state index in [1.807, 2.05) is 14.0 Å². The molecular formula is C13H20ClN3O2. The molecule has 0 spiro atoms. The van der Waals surface area contributed by atoms with E-state index < -0.39 is 0 Å². The molecule has 1 fully saturated rings. The van der Waals surface area contributed by atoms with Gasteiger partial charge in [0.2, 0.25) is 0 Å². The number of aryl methyl sites for hydroxylation is 2. The van der Waals surface area contributed by atoms with Crippen LogP contribution in [0.15, 0.2) is 0 Å². The van der Waals surface area contributed by atoms with E-state index in [9.17, 15) is 4.79 Å². The number of carbonyl (C=O) groups is 1. The van der Waals surface area contributed by atoms with Gasteiger partial charge in [0.05, 0.1) is 35.0 Å². The fourth-order valence-corrected chi connectivity index (χ4v) is 2.79. The second-order valence-electron chi connectivity index (χ2n) is 4.88. The fraction of sp³-hybridized carbons (Fsp3) is 0.692. The Morgan fingerprint density at radius 2 is 2.37 bits per heavy atom. The minimum absolute atomic E-state index is 0.127. The molecule has 1 aromatic rings. The lowest BCUT2D eigenvalue weighted by atomic mass is 10.1. The molecule has 2 rings (SSSR count). The predicted octanol–water partition coefficient (Wildman–Crippen LogP) is 1.12. The third-order valence-corrected chi connectivity index (χ3v) is 4.09. The van der Waals surface area contributed by atoms with Crippen molar-refractivity contribution in [1.82, 2.24) is 15.1 Å². The Hall–Kier alpha value is -0.910. The Kier molecular flexibility index (Phi) is 4.60. The lowest BCUT2D eigenvalue weighted by Gasteiger charge is -2.09. The van der Waals surface area contributed by atoms with E-state index in [1.165, 1.54) is 0 Å². The SMILES string of the molecule is CCc1nn(C)c(CC(=O)C2CC(OC)CN2)c1Cl. The summed E-state index contributed by atoms with van der Waals surface area (Å²) in [5.74, 6) is 0.145. The molecule has 0 amide bonds. The van der Waals surface area contributed by atoms with Crippen LogP contribution in [-0.2, 0) is 29.4 Å². The van der Waals surface area contributed by atoms with Gasteiger partial charge in [-0.1, -0.05) is 18.5 Å². The van der Waals surface area contributed by atoms with Gasteiger partial charge in [0.15, 0.2) is 5.78 Å². The number of nitrogens with zero attached hydrogens (tertiary/aromatic N) is 2. The Labute approximate surface area is 118 Å². The third kappa shape index (κ3) is 2.99. The Morgan fingerprint density at radius 1 is 1.63 bits per heavy atom. The Bertz CT molecular complexity index is 473. The molecule has 2 unspecified atom stereocenters. The van der Waals surface area contributed by atoms with Crippen LogP contribution in [0.5, 0.6) is 0 Å². The Morgan fingerprint density at radius 3 is 2.89 bits per heavy atom. The molecule has 0 saturated carbocycles. The summed E-state index contributed by atoms with van der Waals surface area (Å²) in [5.41, 5.74) is 1.65. The lowest BCUT2D eigenvalue weighted by Crippen LogP contribution is -2.32. The molecule has 1 N–H and O–H groups in total. The van der Waals surface area contributed by atoms with Gasteiger partial charge >= 0.3 is 0 Å². The number of carbonyl (C=O) groups excluding carboxylic acids is 1. The highest BCUT2D eigenvalue weighted by Gasteiger charge is 2.30. The molecule has 19 heavy (non-hydrogen) atoms. The molecule has 0 radical (unpaired) electrons. The molecular weight excluding hydrogens is 266 g/mol. The summed E-state index contributed by atoms with van der Waals surface area (Å²) in [5, 5.41) is 8.14. The number of ketones is 1. The van der Waals surface area contributed by atoms with Gasteiger partial charge in [-0.3, -0.25) is 9.48 Å². The molecule has 0 aliphatic carbocycles. The molecule has 0 bridgehead atoms. The van der Waals surface area contributed by atoms with Gasteiger partial charge in [-0.05, 0) is 12.8 Å². The van der Waals surface area contributed by atoms with Gasteiger partial charge in [0.25, 0.3) is 0 Å². The van der Waals surface area contributed by atoms with E-state index in [-0.39, 0.29) is 17.9 Å². The summed E-state index contributed by atoms with van der Waals surface area (Å²) in [7, 11) is 3.50. The number of methoxy groups -OCH3 is 1. The second kappa shape index (κ2) is 6.03. The van der Waals surface area contributed by atoms with E-state index in [1.54, 1.807) is 11.8 Å². The van der Waals surface area contributed by atoms with Crippen molar-refractivity contribution in [2.24, 2.45) is 7.05 Å². The molecule has 106 valence electrons. The van der Waals surface area contributed by atoms with Gasteiger partial charge in [-0.15, -0.1) is 0 Å². The van der Waals surface area contributed by atoms with Crippen molar-refractivity contribution in [3.05, 3.63) is 16.4 Å². The first-order chi connectivity index (χ1) is 9.06. The number of aromatic nitrogens is 2. The first-order valence-electron chi connectivity index (χ1n) is 6.55. The van der Waals surface area contributed by atoms with Crippen LogP contribution in [0.25, 0.3) is 0 Å². The summed E-state index contributed by atoms with van der Waals surface area (Å²) in [4.78, 5) is 12.3. The van der Waals surface area contributed by atoms with Crippen LogP contribution in [0.1, 0.15) is 24.7 Å². The molecule has 6 heteroatoms. The number of rotatable bonds is 5. The van der Waals surface area contributed by atoms with Crippen LogP contribution in [0.4, 0.5) is 0 Å². The van der Waals surface area contributed by atoms with Crippen LogP contribution in [0.3, 0.4) is 0 Å². The third-order valence-electron chi connectivity index (χ3n) is 3.66. The topological polar surface area (TPSA) is 56.2 Å². The van der Waals surface area contributed by atoms with E-state index in [4.69, 9.17) is 16.3 Å². The van der Waals surface area contributed by atoms with E-state index in [0.717, 1.165) is 30.8 Å². The highest BCUT2D eigenvalue weighted by Crippen LogP contribution is 2.22. The normalized spacial score (nSPS) is 22.9. The van der Waals surface area contributed by atoms with Crippen LogP contribution < -0.4 is 5.32 Å². The van der Waals surface area contributed by atoms with Crippen molar-refractivity contribution < 1.29 is 9.53 Å². The summed E-state index contributed by atoms with van der Waals surface area (Å²) in [6.07, 6.45) is 1.94. The maximum atomic E-state index is 12.3. The molecule has 0 aromatic carbocycles. The number of Topliss-reactive ketones (excluding diaryl/α,β-unsaturated/α-hetero) is 1. The summed E-state index contributed by atoms with van der Waals surface area (Å²) >= 11 is 6.26. The number of ether oxygens (including phenoxy) is 1.